The summed E-state index contributed by atoms with van der Waals surface area (Å²) in [5.41, 5.74) is 2.01. The van der Waals surface area contributed by atoms with Crippen LogP contribution in [0, 0.1) is 6.07 Å². The Labute approximate surface area is 106 Å². The van der Waals surface area contributed by atoms with Crippen LogP contribution in [0.15, 0.2) is 48.7 Å². The number of nitrogens with zero attached hydrogens (tertiary/aromatic N) is 1. The van der Waals surface area contributed by atoms with E-state index in [1.807, 2.05) is 42.5 Å². The van der Waals surface area contributed by atoms with E-state index >= 15 is 0 Å². The summed E-state index contributed by atoms with van der Waals surface area (Å²) in [5.74, 6) is 0. The van der Waals surface area contributed by atoms with E-state index < -0.39 is 0 Å². The van der Waals surface area contributed by atoms with E-state index in [1.165, 1.54) is 0 Å². The summed E-state index contributed by atoms with van der Waals surface area (Å²) in [6, 6.07) is 16.8. The van der Waals surface area contributed by atoms with Crippen LogP contribution in [0.3, 0.4) is 0 Å². The van der Waals surface area contributed by atoms with Crippen LogP contribution in [0.25, 0.3) is 11.3 Å². The third-order valence-corrected chi connectivity index (χ3v) is 1.65. The van der Waals surface area contributed by atoms with Crippen LogP contribution in [-0.4, -0.2) is 28.0 Å². The van der Waals surface area contributed by atoms with Gasteiger partial charge < -0.3 is 17.4 Å². The van der Waals surface area contributed by atoms with Crippen LogP contribution in [0.5, 0.6) is 0 Å². The van der Waals surface area contributed by atoms with Gasteiger partial charge in [-0.05, 0) is 11.8 Å². The number of benzene rings is 1. The molecular formula is C11H8ClMgN. The Morgan fingerprint density at radius 2 is 1.79 bits per heavy atom. The third kappa shape index (κ3) is 3.29. The quantitative estimate of drug-likeness (QED) is 0.446. The Hall–Kier alpha value is -0.574. The number of hydrogen-bond donors (Lipinski definition) is 0. The zero-order valence-electron chi connectivity index (χ0n) is 7.65. The van der Waals surface area contributed by atoms with Crippen LogP contribution in [0.1, 0.15) is 0 Å². The van der Waals surface area contributed by atoms with Crippen LogP contribution >= 0.6 is 0 Å². The molecule has 0 fully saturated rings. The maximum atomic E-state index is 4.22. The van der Waals surface area contributed by atoms with Crippen molar-refractivity contribution < 1.29 is 12.4 Å². The molecule has 0 spiro atoms. The van der Waals surface area contributed by atoms with Gasteiger partial charge in [0.1, 0.15) is 0 Å². The molecule has 0 saturated heterocycles. The van der Waals surface area contributed by atoms with Crippen molar-refractivity contribution in [1.82, 2.24) is 4.98 Å². The first-order valence-electron chi connectivity index (χ1n) is 3.85. The zero-order valence-corrected chi connectivity index (χ0v) is 9.82. The minimum Gasteiger partial charge on any atom is -1.00 e. The van der Waals surface area contributed by atoms with E-state index in [-0.39, 0.29) is 35.5 Å². The standard InChI is InChI=1S/C11H8N.ClH.Mg/c1-2-6-10(7-3-1)11-8-4-5-9-12-11;;/h1-6,8-9H;1H;/q-1;;+2/p-1. The third-order valence-electron chi connectivity index (χ3n) is 1.65. The van der Waals surface area contributed by atoms with Crippen molar-refractivity contribution in [3.63, 3.8) is 0 Å². The molecule has 3 heteroatoms. The second-order valence-electron chi connectivity index (χ2n) is 2.49. The molecule has 0 bridgehead atoms. The molecule has 0 aliphatic rings. The van der Waals surface area contributed by atoms with Crippen molar-refractivity contribution in [1.29, 1.82) is 0 Å². The Kier molecular flexibility index (Phi) is 6.54. The van der Waals surface area contributed by atoms with Crippen molar-refractivity contribution >= 4 is 23.1 Å². The summed E-state index contributed by atoms with van der Waals surface area (Å²) in [4.78, 5) is 4.22. The Morgan fingerprint density at radius 3 is 2.36 bits per heavy atom. The van der Waals surface area contributed by atoms with Gasteiger partial charge in [0.15, 0.2) is 0 Å². The van der Waals surface area contributed by atoms with Crippen molar-refractivity contribution in [2.45, 2.75) is 0 Å². The smallest absolute Gasteiger partial charge is 1.00 e. The number of pyridine rings is 1. The summed E-state index contributed by atoms with van der Waals surface area (Å²) in [5, 5.41) is 0. The number of rotatable bonds is 1. The second-order valence-corrected chi connectivity index (χ2v) is 2.49. The molecule has 0 radical (unpaired) electrons. The molecule has 2 aromatic rings. The van der Waals surface area contributed by atoms with Crippen molar-refractivity contribution in [2.75, 3.05) is 0 Å². The largest absolute Gasteiger partial charge is 2.00 e. The van der Waals surface area contributed by atoms with Crippen LogP contribution in [0.4, 0.5) is 0 Å². The van der Waals surface area contributed by atoms with Gasteiger partial charge in [-0.15, -0.1) is 35.9 Å². The van der Waals surface area contributed by atoms with Crippen LogP contribution in [-0.2, 0) is 0 Å². The molecule has 0 atom stereocenters. The summed E-state index contributed by atoms with van der Waals surface area (Å²) >= 11 is 0. The average Bonchev–Trinajstić information content (AvgIpc) is 2.21. The fraction of sp³-hybridized carbons (Fsp3) is 0. The molecule has 0 aliphatic heterocycles. The van der Waals surface area contributed by atoms with Gasteiger partial charge in [-0.3, -0.25) is 0 Å². The van der Waals surface area contributed by atoms with Crippen molar-refractivity contribution in [3.05, 3.63) is 54.7 Å². The van der Waals surface area contributed by atoms with Crippen molar-refractivity contribution in [3.8, 4) is 11.3 Å². The van der Waals surface area contributed by atoms with Gasteiger partial charge in [0, 0.05) is 6.20 Å². The molecular weight excluding hydrogens is 206 g/mol. The van der Waals surface area contributed by atoms with E-state index in [0.717, 1.165) is 11.3 Å². The Balaban J connectivity index is 0.000000845. The van der Waals surface area contributed by atoms with Gasteiger partial charge in [-0.25, -0.2) is 0 Å². The molecule has 0 saturated carbocycles. The Morgan fingerprint density at radius 1 is 1.00 bits per heavy atom. The van der Waals surface area contributed by atoms with Gasteiger partial charge >= 0.3 is 23.1 Å². The topological polar surface area (TPSA) is 12.9 Å². The fourth-order valence-corrected chi connectivity index (χ4v) is 1.07. The zero-order chi connectivity index (χ0) is 8.23. The van der Waals surface area contributed by atoms with Gasteiger partial charge in [0.2, 0.25) is 0 Å². The molecule has 0 aliphatic carbocycles. The summed E-state index contributed by atoms with van der Waals surface area (Å²) in [6.07, 6.45) is 1.79. The number of aromatic nitrogens is 1. The van der Waals surface area contributed by atoms with Gasteiger partial charge in [0.25, 0.3) is 0 Å². The predicted octanol–water partition coefficient (Wildman–Crippen LogP) is -0.828. The van der Waals surface area contributed by atoms with Crippen LogP contribution in [0.2, 0.25) is 0 Å². The molecule has 14 heavy (non-hydrogen) atoms. The maximum Gasteiger partial charge on any atom is 2.00 e. The first-order chi connectivity index (χ1) is 5.97. The minimum atomic E-state index is 0. The molecule has 0 unspecified atom stereocenters. The van der Waals surface area contributed by atoms with E-state index in [1.54, 1.807) is 6.20 Å². The van der Waals surface area contributed by atoms with Gasteiger partial charge in [0.05, 0.1) is 0 Å². The number of halogens is 1. The molecule has 1 heterocycles. The first-order valence-corrected chi connectivity index (χ1v) is 3.85. The molecule has 1 nitrogen and oxygen atoms in total. The monoisotopic (exact) mass is 213 g/mol. The van der Waals surface area contributed by atoms with E-state index in [0.29, 0.717) is 0 Å². The summed E-state index contributed by atoms with van der Waals surface area (Å²) < 4.78 is 0. The fourth-order valence-electron chi connectivity index (χ4n) is 1.07. The molecule has 0 amide bonds. The number of hydrogen-bond acceptors (Lipinski definition) is 1. The minimum absolute atomic E-state index is 0. The van der Waals surface area contributed by atoms with E-state index in [2.05, 4.69) is 11.1 Å². The van der Waals surface area contributed by atoms with Gasteiger partial charge in [-0.2, -0.15) is 0 Å². The first kappa shape index (κ1) is 13.4. The van der Waals surface area contributed by atoms with Crippen molar-refractivity contribution in [2.24, 2.45) is 0 Å². The molecule has 0 N–H and O–H groups in total. The molecule has 2 rings (SSSR count). The molecule has 66 valence electrons. The van der Waals surface area contributed by atoms with Gasteiger partial charge in [-0.1, -0.05) is 12.1 Å². The van der Waals surface area contributed by atoms with Crippen LogP contribution < -0.4 is 12.4 Å². The predicted molar refractivity (Wildman–Crippen MR) is 54.3 cm³/mol. The van der Waals surface area contributed by atoms with E-state index in [4.69, 9.17) is 0 Å². The maximum absolute atomic E-state index is 4.22. The average molecular weight is 214 g/mol. The Bertz CT molecular complexity index is 313. The normalized spacial score (nSPS) is 8.29. The molecule has 1 aromatic carbocycles. The van der Waals surface area contributed by atoms with E-state index in [9.17, 15) is 0 Å². The summed E-state index contributed by atoms with van der Waals surface area (Å²) in [7, 11) is 0. The summed E-state index contributed by atoms with van der Waals surface area (Å²) in [6.45, 7) is 0. The second kappa shape index (κ2) is 6.82. The molecule has 1 aromatic heterocycles. The SMILES string of the molecule is [Cl-].[Mg+2].[c-]1ccccc1-c1ccccn1.